The number of nitrogens with zero attached hydrogens (tertiary/aromatic N) is 1. The molecule has 1 heterocycles. The highest BCUT2D eigenvalue weighted by molar-refractivity contribution is 5.14. The molecule has 1 aliphatic heterocycles. The van der Waals surface area contributed by atoms with Crippen LogP contribution in [0.5, 0.6) is 0 Å². The Bertz CT molecular complexity index is 392. The van der Waals surface area contributed by atoms with Crippen LogP contribution in [0, 0.1) is 0 Å². The summed E-state index contributed by atoms with van der Waals surface area (Å²) in [5.74, 6) is 0. The van der Waals surface area contributed by atoms with Gasteiger partial charge in [0.25, 0.3) is 0 Å². The summed E-state index contributed by atoms with van der Waals surface area (Å²) in [5.41, 5.74) is 7.40. The third kappa shape index (κ3) is 3.56. The molecule has 2 aliphatic rings. The van der Waals surface area contributed by atoms with Crippen molar-refractivity contribution in [2.75, 3.05) is 13.1 Å². The van der Waals surface area contributed by atoms with E-state index in [1.165, 1.54) is 37.9 Å². The summed E-state index contributed by atoms with van der Waals surface area (Å²) in [6, 6.07) is 12.5. The monoisotopic (exact) mass is 259 g/mol. The smallest absolute Gasteiger partial charge is 0.0234 e. The fourth-order valence-electron chi connectivity index (χ4n) is 3.46. The molecule has 104 valence electrons. The van der Waals surface area contributed by atoms with E-state index in [-0.39, 0.29) is 0 Å². The molecule has 0 radical (unpaired) electrons. The van der Waals surface area contributed by atoms with Crippen molar-refractivity contribution in [3.8, 4) is 0 Å². The van der Waals surface area contributed by atoms with Crippen LogP contribution in [0.4, 0.5) is 0 Å². The molecule has 0 bridgehead atoms. The molecule has 1 saturated heterocycles. The van der Waals surface area contributed by atoms with Crippen LogP contribution in [0.25, 0.3) is 0 Å². The highest BCUT2D eigenvalue weighted by Crippen LogP contribution is 2.20. The van der Waals surface area contributed by atoms with Gasteiger partial charge in [-0.05, 0) is 31.2 Å². The van der Waals surface area contributed by atoms with Crippen LogP contribution >= 0.6 is 0 Å². The van der Waals surface area contributed by atoms with E-state index >= 15 is 0 Å². The van der Waals surface area contributed by atoms with Crippen LogP contribution < -0.4 is 11.1 Å². The second-order valence-corrected chi connectivity index (χ2v) is 6.14. The van der Waals surface area contributed by atoms with Gasteiger partial charge in [0.15, 0.2) is 0 Å². The van der Waals surface area contributed by atoms with Crippen molar-refractivity contribution < 1.29 is 0 Å². The van der Waals surface area contributed by atoms with Gasteiger partial charge in [0, 0.05) is 37.8 Å². The first-order valence-electron chi connectivity index (χ1n) is 7.57. The van der Waals surface area contributed by atoms with Crippen LogP contribution in [0.3, 0.4) is 0 Å². The molecule has 2 fully saturated rings. The summed E-state index contributed by atoms with van der Waals surface area (Å²) >= 11 is 0. The van der Waals surface area contributed by atoms with Crippen molar-refractivity contribution >= 4 is 0 Å². The lowest BCUT2D eigenvalue weighted by Gasteiger charge is -2.20. The summed E-state index contributed by atoms with van der Waals surface area (Å²) in [6.07, 6.45) is 4.89. The van der Waals surface area contributed by atoms with Gasteiger partial charge in [-0.3, -0.25) is 4.90 Å². The molecule has 3 heteroatoms. The quantitative estimate of drug-likeness (QED) is 0.865. The molecule has 3 rings (SSSR count). The molecule has 1 aromatic carbocycles. The Balaban J connectivity index is 1.45. The van der Waals surface area contributed by atoms with Crippen LogP contribution in [0.15, 0.2) is 30.3 Å². The molecule has 1 saturated carbocycles. The predicted octanol–water partition coefficient (Wildman–Crippen LogP) is 1.73. The third-order valence-electron chi connectivity index (χ3n) is 4.47. The molecule has 3 atom stereocenters. The van der Waals surface area contributed by atoms with E-state index in [1.54, 1.807) is 0 Å². The number of nitrogens with one attached hydrogen (secondary N) is 1. The number of nitrogens with two attached hydrogens (primary N) is 1. The minimum Gasteiger partial charge on any atom is -0.328 e. The number of benzene rings is 1. The lowest BCUT2D eigenvalue weighted by atomic mass is 10.2. The maximum atomic E-state index is 5.98. The first kappa shape index (κ1) is 13.1. The van der Waals surface area contributed by atoms with Crippen molar-refractivity contribution in [1.82, 2.24) is 10.2 Å². The number of likely N-dealkylation sites (tertiary alicyclic amines) is 1. The second kappa shape index (κ2) is 6.04. The summed E-state index contributed by atoms with van der Waals surface area (Å²) < 4.78 is 0. The van der Waals surface area contributed by atoms with Gasteiger partial charge >= 0.3 is 0 Å². The number of rotatable bonds is 4. The van der Waals surface area contributed by atoms with E-state index in [2.05, 4.69) is 40.5 Å². The largest absolute Gasteiger partial charge is 0.328 e. The maximum absolute atomic E-state index is 5.98. The molecule has 0 aromatic heterocycles. The lowest BCUT2D eigenvalue weighted by Crippen LogP contribution is -2.39. The summed E-state index contributed by atoms with van der Waals surface area (Å²) in [5, 5.41) is 3.80. The van der Waals surface area contributed by atoms with Gasteiger partial charge in [-0.1, -0.05) is 30.3 Å². The van der Waals surface area contributed by atoms with Crippen LogP contribution in [-0.2, 0) is 6.54 Å². The van der Waals surface area contributed by atoms with E-state index in [4.69, 9.17) is 5.73 Å². The highest BCUT2D eigenvalue weighted by atomic mass is 15.2. The Morgan fingerprint density at radius 2 is 1.95 bits per heavy atom. The molecule has 0 amide bonds. The molecule has 0 spiro atoms. The second-order valence-electron chi connectivity index (χ2n) is 6.14. The molecule has 3 nitrogen and oxygen atoms in total. The van der Waals surface area contributed by atoms with Gasteiger partial charge in [-0.15, -0.1) is 0 Å². The SMILES string of the molecule is NC1CCC(NC2CCN(Cc3ccccc3)C2)C1. The van der Waals surface area contributed by atoms with Gasteiger partial charge in [-0.25, -0.2) is 0 Å². The van der Waals surface area contributed by atoms with Gasteiger partial charge in [0.1, 0.15) is 0 Å². The Hall–Kier alpha value is -0.900. The average molecular weight is 259 g/mol. The third-order valence-corrected chi connectivity index (χ3v) is 4.47. The Morgan fingerprint density at radius 1 is 1.11 bits per heavy atom. The molecular formula is C16H25N3. The fourth-order valence-corrected chi connectivity index (χ4v) is 3.46. The maximum Gasteiger partial charge on any atom is 0.0234 e. The van der Waals surface area contributed by atoms with Crippen LogP contribution in [-0.4, -0.2) is 36.1 Å². The molecule has 19 heavy (non-hydrogen) atoms. The molecule has 3 N–H and O–H groups in total. The summed E-state index contributed by atoms with van der Waals surface area (Å²) in [7, 11) is 0. The Labute approximate surface area is 116 Å². The van der Waals surface area contributed by atoms with E-state index in [9.17, 15) is 0 Å². The molecule has 3 unspecified atom stereocenters. The Morgan fingerprint density at radius 3 is 2.68 bits per heavy atom. The molecule has 1 aromatic rings. The first-order chi connectivity index (χ1) is 9.29. The van der Waals surface area contributed by atoms with Crippen molar-refractivity contribution in [3.63, 3.8) is 0 Å². The van der Waals surface area contributed by atoms with Gasteiger partial charge < -0.3 is 11.1 Å². The molecular weight excluding hydrogens is 234 g/mol. The van der Waals surface area contributed by atoms with Crippen LogP contribution in [0.2, 0.25) is 0 Å². The van der Waals surface area contributed by atoms with Crippen molar-refractivity contribution in [2.24, 2.45) is 5.73 Å². The van der Waals surface area contributed by atoms with Crippen molar-refractivity contribution in [2.45, 2.75) is 50.4 Å². The van der Waals surface area contributed by atoms with Crippen molar-refractivity contribution in [1.29, 1.82) is 0 Å². The van der Waals surface area contributed by atoms with Gasteiger partial charge in [-0.2, -0.15) is 0 Å². The summed E-state index contributed by atoms with van der Waals surface area (Å²) in [4.78, 5) is 2.56. The minimum absolute atomic E-state index is 0.430. The molecule has 1 aliphatic carbocycles. The van der Waals surface area contributed by atoms with E-state index < -0.39 is 0 Å². The van der Waals surface area contributed by atoms with E-state index in [0.717, 1.165) is 13.0 Å². The highest BCUT2D eigenvalue weighted by Gasteiger charge is 2.28. The number of hydrogen-bond donors (Lipinski definition) is 2. The zero-order valence-electron chi connectivity index (χ0n) is 11.6. The van der Waals surface area contributed by atoms with E-state index in [0.29, 0.717) is 18.1 Å². The van der Waals surface area contributed by atoms with E-state index in [1.807, 2.05) is 0 Å². The fraction of sp³-hybridized carbons (Fsp3) is 0.625. The van der Waals surface area contributed by atoms with Crippen LogP contribution in [0.1, 0.15) is 31.2 Å². The lowest BCUT2D eigenvalue weighted by molar-refractivity contribution is 0.314. The minimum atomic E-state index is 0.430. The standard InChI is InChI=1S/C16H25N3/c17-14-6-7-15(10-14)18-16-8-9-19(12-16)11-13-4-2-1-3-5-13/h1-5,14-16,18H,6-12,17H2. The van der Waals surface area contributed by atoms with Gasteiger partial charge in [0.2, 0.25) is 0 Å². The Kier molecular flexibility index (Phi) is 4.16. The normalized spacial score (nSPS) is 31.9. The average Bonchev–Trinajstić information content (AvgIpc) is 3.01. The topological polar surface area (TPSA) is 41.3 Å². The predicted molar refractivity (Wildman–Crippen MR) is 78.9 cm³/mol. The zero-order chi connectivity index (χ0) is 13.1. The zero-order valence-corrected chi connectivity index (χ0v) is 11.6. The summed E-state index contributed by atoms with van der Waals surface area (Å²) in [6.45, 7) is 3.48. The van der Waals surface area contributed by atoms with Crippen molar-refractivity contribution in [3.05, 3.63) is 35.9 Å². The first-order valence-corrected chi connectivity index (χ1v) is 7.57. The van der Waals surface area contributed by atoms with Gasteiger partial charge in [0.05, 0.1) is 0 Å². The number of hydrogen-bond acceptors (Lipinski definition) is 3.